The number of rotatable bonds is 7. The number of carbonyl (C=O) groups is 1. The molecule has 0 radical (unpaired) electrons. The molecule has 0 fully saturated rings. The molecule has 2 aromatic rings. The normalized spacial score (nSPS) is 11.5. The predicted molar refractivity (Wildman–Crippen MR) is 117 cm³/mol. The van der Waals surface area contributed by atoms with Crippen LogP contribution in [0.3, 0.4) is 0 Å². The van der Waals surface area contributed by atoms with Gasteiger partial charge in [0, 0.05) is 12.7 Å². The summed E-state index contributed by atoms with van der Waals surface area (Å²) >= 11 is 0. The topological polar surface area (TPSA) is 35.5 Å². The van der Waals surface area contributed by atoms with Gasteiger partial charge in [-0.25, -0.2) is 0 Å². The predicted octanol–water partition coefficient (Wildman–Crippen LogP) is 2.20. The molecule has 1 atom stereocenters. The SMILES string of the molecule is COCCOc1ccc(PC(=O)c2c(C)cc(C(C)(C)C)cc2C)c(C)c1.[H-].[Li+]. The van der Waals surface area contributed by atoms with Gasteiger partial charge in [0.15, 0.2) is 5.52 Å². The van der Waals surface area contributed by atoms with Crippen LogP contribution in [0.4, 0.5) is 0 Å². The second kappa shape index (κ2) is 10.6. The third-order valence-corrected chi connectivity index (χ3v) is 5.94. The number of hydrogen-bond acceptors (Lipinski definition) is 3. The largest absolute Gasteiger partial charge is 1.00 e. The van der Waals surface area contributed by atoms with Crippen molar-refractivity contribution in [2.75, 3.05) is 20.3 Å². The van der Waals surface area contributed by atoms with E-state index in [1.165, 1.54) is 5.56 Å². The van der Waals surface area contributed by atoms with Crippen LogP contribution in [0.5, 0.6) is 5.75 Å². The molecule has 2 aromatic carbocycles. The van der Waals surface area contributed by atoms with Crippen LogP contribution in [0.2, 0.25) is 0 Å². The van der Waals surface area contributed by atoms with E-state index >= 15 is 0 Å². The Morgan fingerprint density at radius 2 is 1.61 bits per heavy atom. The summed E-state index contributed by atoms with van der Waals surface area (Å²) in [6.07, 6.45) is 0. The fourth-order valence-corrected chi connectivity index (χ4v) is 4.25. The van der Waals surface area contributed by atoms with E-state index in [0.717, 1.165) is 33.3 Å². The zero-order valence-corrected chi connectivity index (χ0v) is 19.5. The Hall–Kier alpha value is -1.10. The van der Waals surface area contributed by atoms with Gasteiger partial charge in [0.1, 0.15) is 12.4 Å². The third kappa shape index (κ3) is 6.46. The minimum absolute atomic E-state index is 0. The van der Waals surface area contributed by atoms with Crippen LogP contribution in [0, 0.1) is 20.8 Å². The summed E-state index contributed by atoms with van der Waals surface area (Å²) < 4.78 is 10.7. The molecule has 3 nitrogen and oxygen atoms in total. The molecule has 148 valence electrons. The van der Waals surface area contributed by atoms with Crippen molar-refractivity contribution in [3.05, 3.63) is 58.1 Å². The average molecular weight is 394 g/mol. The molecule has 2 rings (SSSR count). The number of aryl methyl sites for hydroxylation is 3. The van der Waals surface area contributed by atoms with Gasteiger partial charge in [0.05, 0.1) is 6.61 Å². The summed E-state index contributed by atoms with van der Waals surface area (Å²) in [6, 6.07) is 10.2. The molecule has 0 aliphatic carbocycles. The molecule has 5 heteroatoms. The van der Waals surface area contributed by atoms with E-state index in [1.807, 2.05) is 39.0 Å². The Kier molecular flexibility index (Phi) is 9.45. The summed E-state index contributed by atoms with van der Waals surface area (Å²) in [5.74, 6) is 0.812. The molecule has 0 heterocycles. The number of hydrogen-bond donors (Lipinski definition) is 0. The maximum atomic E-state index is 13.0. The van der Waals surface area contributed by atoms with Crippen LogP contribution >= 0.6 is 8.58 Å². The number of carbonyl (C=O) groups excluding carboxylic acids is 1. The number of methoxy groups -OCH3 is 1. The number of benzene rings is 2. The fourth-order valence-electron chi connectivity index (χ4n) is 3.05. The average Bonchev–Trinajstić information content (AvgIpc) is 2.56. The molecule has 0 aromatic heterocycles. The molecule has 28 heavy (non-hydrogen) atoms. The van der Waals surface area contributed by atoms with Gasteiger partial charge in [-0.05, 0) is 74.5 Å². The summed E-state index contributed by atoms with van der Waals surface area (Å²) in [5.41, 5.74) is 5.62. The van der Waals surface area contributed by atoms with E-state index in [2.05, 4.69) is 32.9 Å². The summed E-state index contributed by atoms with van der Waals surface area (Å²) in [6.45, 7) is 13.8. The Balaban J connectivity index is 0.00000392. The monoisotopic (exact) mass is 394 g/mol. The second-order valence-corrected chi connectivity index (χ2v) is 9.25. The van der Waals surface area contributed by atoms with E-state index in [1.54, 1.807) is 7.11 Å². The maximum absolute atomic E-state index is 13.0. The maximum Gasteiger partial charge on any atom is 1.00 e. The molecular weight excluding hydrogens is 362 g/mol. The molecule has 0 saturated heterocycles. The Morgan fingerprint density at radius 3 is 2.11 bits per heavy atom. The smallest absolute Gasteiger partial charge is 1.00 e. The van der Waals surface area contributed by atoms with Crippen molar-refractivity contribution in [2.45, 2.75) is 47.0 Å². The van der Waals surface area contributed by atoms with Gasteiger partial charge in [-0.2, -0.15) is 0 Å². The van der Waals surface area contributed by atoms with E-state index in [9.17, 15) is 4.79 Å². The van der Waals surface area contributed by atoms with Gasteiger partial charge in [-0.3, -0.25) is 4.79 Å². The molecular formula is C23H32LiO3P. The Bertz CT molecular complexity index is 808. The first-order chi connectivity index (χ1) is 12.6. The second-order valence-electron chi connectivity index (χ2n) is 8.01. The van der Waals surface area contributed by atoms with Crippen LogP contribution in [-0.4, -0.2) is 25.8 Å². The minimum Gasteiger partial charge on any atom is -1.00 e. The van der Waals surface area contributed by atoms with Crippen molar-refractivity contribution >= 4 is 19.4 Å². The molecule has 0 saturated carbocycles. The molecule has 1 unspecified atom stereocenters. The summed E-state index contributed by atoms with van der Waals surface area (Å²) in [4.78, 5) is 13.0. The first-order valence-electron chi connectivity index (χ1n) is 9.29. The third-order valence-electron chi connectivity index (χ3n) is 4.63. The minimum atomic E-state index is 0. The van der Waals surface area contributed by atoms with Gasteiger partial charge in [0.2, 0.25) is 0 Å². The molecule has 0 N–H and O–H groups in total. The summed E-state index contributed by atoms with van der Waals surface area (Å²) in [7, 11) is 1.77. The van der Waals surface area contributed by atoms with Crippen LogP contribution in [-0.2, 0) is 10.2 Å². The van der Waals surface area contributed by atoms with Gasteiger partial charge in [-0.1, -0.05) is 39.0 Å². The van der Waals surface area contributed by atoms with Crippen molar-refractivity contribution in [1.29, 1.82) is 0 Å². The molecule has 0 spiro atoms. The van der Waals surface area contributed by atoms with Crippen molar-refractivity contribution in [2.24, 2.45) is 0 Å². The quantitative estimate of drug-likeness (QED) is 0.410. The molecule has 0 bridgehead atoms. The summed E-state index contributed by atoms with van der Waals surface area (Å²) in [5, 5.41) is 1.07. The molecule has 0 aliphatic heterocycles. The zero-order chi connectivity index (χ0) is 20.2. The van der Waals surface area contributed by atoms with Crippen LogP contribution in [0.1, 0.15) is 54.8 Å². The van der Waals surface area contributed by atoms with Crippen molar-refractivity contribution in [1.82, 2.24) is 0 Å². The molecule has 0 aliphatic rings. The van der Waals surface area contributed by atoms with Gasteiger partial charge < -0.3 is 10.9 Å². The standard InChI is InChI=1S/C23H31O3P.Li.H/c1-15-14-19(26-11-10-25-7)8-9-20(15)27-22(24)21-16(2)12-18(13-17(21)3)23(4,5)6;;/h8-9,12-14,27H,10-11H2,1-7H3;;/q;+1;-1. The van der Waals surface area contributed by atoms with Crippen molar-refractivity contribution in [3.8, 4) is 5.75 Å². The first-order valence-corrected chi connectivity index (χ1v) is 10.3. The first kappa shape index (κ1) is 24.9. The molecule has 0 amide bonds. The zero-order valence-electron chi connectivity index (χ0n) is 19.5. The fraction of sp³-hybridized carbons (Fsp3) is 0.435. The van der Waals surface area contributed by atoms with Crippen molar-refractivity contribution in [3.63, 3.8) is 0 Å². The van der Waals surface area contributed by atoms with Gasteiger partial charge >= 0.3 is 18.9 Å². The van der Waals surface area contributed by atoms with Gasteiger partial charge in [0.25, 0.3) is 0 Å². The van der Waals surface area contributed by atoms with E-state index in [4.69, 9.17) is 9.47 Å². The van der Waals surface area contributed by atoms with Crippen LogP contribution in [0.25, 0.3) is 0 Å². The number of ether oxygens (including phenoxy) is 2. The van der Waals surface area contributed by atoms with E-state index in [0.29, 0.717) is 13.2 Å². The van der Waals surface area contributed by atoms with Crippen LogP contribution in [0.15, 0.2) is 30.3 Å². The van der Waals surface area contributed by atoms with E-state index in [-0.39, 0.29) is 39.8 Å². The van der Waals surface area contributed by atoms with Gasteiger partial charge in [-0.15, -0.1) is 0 Å². The van der Waals surface area contributed by atoms with Crippen LogP contribution < -0.4 is 28.9 Å². The Labute approximate surface area is 185 Å². The van der Waals surface area contributed by atoms with E-state index < -0.39 is 0 Å². The van der Waals surface area contributed by atoms with Crippen molar-refractivity contribution < 1.29 is 34.6 Å². The Morgan fingerprint density at radius 1 is 1.00 bits per heavy atom.